The summed E-state index contributed by atoms with van der Waals surface area (Å²) in [5, 5.41) is 111. The highest BCUT2D eigenvalue weighted by Crippen LogP contribution is 2.46. The molecule has 0 saturated carbocycles. The Labute approximate surface area is 243 Å². The molecule has 2 aromatic rings. The van der Waals surface area contributed by atoms with Gasteiger partial charge in [0, 0.05) is 17.7 Å². The van der Waals surface area contributed by atoms with Crippen LogP contribution in [0.4, 0.5) is 0 Å². The minimum Gasteiger partial charge on any atom is -0.507 e. The van der Waals surface area contributed by atoms with Crippen molar-refractivity contribution in [3.63, 3.8) is 0 Å². The van der Waals surface area contributed by atoms with Crippen LogP contribution in [0, 0.1) is 0 Å². The van der Waals surface area contributed by atoms with Crippen molar-refractivity contribution in [3.05, 3.63) is 47.2 Å². The SMILES string of the molecule is OCC1OC(OC2=Cc3c(O)cc(OC4OC(CO)C(O)C(O)C4O)cc3OC2c2ccc(O)c(O)c2)C(O)C(O)C1O. The van der Waals surface area contributed by atoms with Gasteiger partial charge in [-0.25, -0.2) is 0 Å². The minimum atomic E-state index is -1.78. The molecule has 2 saturated heterocycles. The molecular weight excluding hydrogens is 580 g/mol. The molecule has 0 radical (unpaired) electrons. The van der Waals surface area contributed by atoms with Crippen molar-refractivity contribution >= 4 is 6.08 Å². The molecule has 2 fully saturated rings. The Balaban J connectivity index is 1.48. The number of ether oxygens (including phenoxy) is 5. The van der Waals surface area contributed by atoms with Crippen molar-refractivity contribution < 1.29 is 79.9 Å². The zero-order valence-corrected chi connectivity index (χ0v) is 22.2. The van der Waals surface area contributed by atoms with E-state index in [1.54, 1.807) is 0 Å². The fourth-order valence-electron chi connectivity index (χ4n) is 4.93. The van der Waals surface area contributed by atoms with Crippen molar-refractivity contribution in [2.45, 2.75) is 67.5 Å². The molecule has 0 spiro atoms. The van der Waals surface area contributed by atoms with Gasteiger partial charge in [0.15, 0.2) is 17.6 Å². The second-order valence-electron chi connectivity index (χ2n) is 10.3. The first-order chi connectivity index (χ1) is 20.4. The molecule has 0 amide bonds. The molecule has 11 unspecified atom stereocenters. The van der Waals surface area contributed by atoms with E-state index in [1.807, 2.05) is 0 Å². The van der Waals surface area contributed by atoms with E-state index in [-0.39, 0.29) is 28.4 Å². The van der Waals surface area contributed by atoms with Gasteiger partial charge in [0.2, 0.25) is 12.6 Å². The maximum Gasteiger partial charge on any atom is 0.229 e. The molecular formula is C27H32O16. The maximum absolute atomic E-state index is 10.8. The smallest absolute Gasteiger partial charge is 0.229 e. The lowest BCUT2D eigenvalue weighted by molar-refractivity contribution is -0.293. The predicted molar refractivity (Wildman–Crippen MR) is 138 cm³/mol. The van der Waals surface area contributed by atoms with Crippen LogP contribution >= 0.6 is 0 Å². The van der Waals surface area contributed by atoms with Crippen LogP contribution in [0.3, 0.4) is 0 Å². The van der Waals surface area contributed by atoms with Crippen LogP contribution in [0.15, 0.2) is 36.1 Å². The molecule has 0 bridgehead atoms. The first-order valence-corrected chi connectivity index (χ1v) is 13.1. The van der Waals surface area contributed by atoms with E-state index < -0.39 is 98.0 Å². The number of benzene rings is 2. The third-order valence-electron chi connectivity index (χ3n) is 7.39. The topological polar surface area (TPSA) is 269 Å². The van der Waals surface area contributed by atoms with Crippen LogP contribution in [0.1, 0.15) is 17.2 Å². The number of phenols is 3. The summed E-state index contributed by atoms with van der Waals surface area (Å²) in [6, 6.07) is 6.10. The monoisotopic (exact) mass is 612 g/mol. The molecule has 11 atom stereocenters. The molecule has 2 aromatic carbocycles. The van der Waals surface area contributed by atoms with Crippen LogP contribution in [0.25, 0.3) is 6.08 Å². The van der Waals surface area contributed by atoms with Gasteiger partial charge in [0.1, 0.15) is 71.8 Å². The first-order valence-electron chi connectivity index (χ1n) is 13.1. The lowest BCUT2D eigenvalue weighted by Gasteiger charge is -2.41. The number of aliphatic hydroxyl groups is 8. The van der Waals surface area contributed by atoms with Gasteiger partial charge in [-0.3, -0.25) is 0 Å². The third kappa shape index (κ3) is 5.89. The van der Waals surface area contributed by atoms with E-state index >= 15 is 0 Å². The second kappa shape index (κ2) is 12.3. The van der Waals surface area contributed by atoms with E-state index in [9.17, 15) is 56.2 Å². The first kappa shape index (κ1) is 31.0. The summed E-state index contributed by atoms with van der Waals surface area (Å²) in [5.74, 6) is -1.67. The molecule has 43 heavy (non-hydrogen) atoms. The molecule has 0 aromatic heterocycles. The molecule has 3 heterocycles. The summed E-state index contributed by atoms with van der Waals surface area (Å²) in [6.45, 7) is -1.40. The summed E-state index contributed by atoms with van der Waals surface area (Å²) in [6.07, 6.45) is -15.9. The molecule has 236 valence electrons. The summed E-state index contributed by atoms with van der Waals surface area (Å²) in [4.78, 5) is 0. The molecule has 11 N–H and O–H groups in total. The minimum absolute atomic E-state index is 0.0278. The van der Waals surface area contributed by atoms with Gasteiger partial charge in [-0.05, 0) is 18.2 Å². The highest BCUT2D eigenvalue weighted by molar-refractivity contribution is 5.70. The van der Waals surface area contributed by atoms with Crippen LogP contribution in [0.2, 0.25) is 0 Å². The number of hydrogen-bond donors (Lipinski definition) is 11. The quantitative estimate of drug-likeness (QED) is 0.142. The number of aliphatic hydroxyl groups excluding tert-OH is 8. The number of phenolic OH excluding ortho intramolecular Hbond substituents is 3. The lowest BCUT2D eigenvalue weighted by atomic mass is 9.98. The van der Waals surface area contributed by atoms with Gasteiger partial charge in [0.25, 0.3) is 0 Å². The Morgan fingerprint density at radius 3 is 1.77 bits per heavy atom. The second-order valence-corrected chi connectivity index (χ2v) is 10.3. The normalized spacial score (nSPS) is 35.8. The molecule has 16 nitrogen and oxygen atoms in total. The fraction of sp³-hybridized carbons (Fsp3) is 0.481. The van der Waals surface area contributed by atoms with E-state index in [2.05, 4.69) is 0 Å². The van der Waals surface area contributed by atoms with E-state index in [0.29, 0.717) is 0 Å². The maximum atomic E-state index is 10.8. The van der Waals surface area contributed by atoms with Crippen molar-refractivity contribution in [1.82, 2.24) is 0 Å². The highest BCUT2D eigenvalue weighted by atomic mass is 16.7. The van der Waals surface area contributed by atoms with Gasteiger partial charge < -0.3 is 79.9 Å². The fourth-order valence-corrected chi connectivity index (χ4v) is 4.93. The van der Waals surface area contributed by atoms with Crippen LogP contribution in [0.5, 0.6) is 28.7 Å². The summed E-state index contributed by atoms with van der Waals surface area (Å²) in [5.41, 5.74) is 0.233. The van der Waals surface area contributed by atoms with Crippen molar-refractivity contribution in [1.29, 1.82) is 0 Å². The Morgan fingerprint density at radius 1 is 0.628 bits per heavy atom. The van der Waals surface area contributed by atoms with Crippen molar-refractivity contribution in [2.75, 3.05) is 13.2 Å². The average molecular weight is 613 g/mol. The highest BCUT2D eigenvalue weighted by Gasteiger charge is 2.47. The molecule has 3 aliphatic rings. The number of fused-ring (bicyclic) bond motifs is 1. The Bertz CT molecular complexity index is 1330. The molecule has 3 aliphatic heterocycles. The Hall–Kier alpha value is -3.42. The zero-order chi connectivity index (χ0) is 31.2. The molecule has 16 heteroatoms. The zero-order valence-electron chi connectivity index (χ0n) is 22.2. The molecule has 0 aliphatic carbocycles. The summed E-state index contributed by atoms with van der Waals surface area (Å²) < 4.78 is 28.3. The van der Waals surface area contributed by atoms with Gasteiger partial charge in [-0.2, -0.15) is 0 Å². The van der Waals surface area contributed by atoms with Gasteiger partial charge in [0.05, 0.1) is 18.8 Å². The Kier molecular flexibility index (Phi) is 8.87. The van der Waals surface area contributed by atoms with Gasteiger partial charge >= 0.3 is 0 Å². The van der Waals surface area contributed by atoms with Gasteiger partial charge in [-0.15, -0.1) is 0 Å². The number of aromatic hydroxyl groups is 3. The van der Waals surface area contributed by atoms with Crippen LogP contribution in [-0.2, 0) is 14.2 Å². The van der Waals surface area contributed by atoms with Crippen LogP contribution < -0.4 is 9.47 Å². The van der Waals surface area contributed by atoms with Gasteiger partial charge in [-0.1, -0.05) is 6.07 Å². The predicted octanol–water partition coefficient (Wildman–Crippen LogP) is -2.73. The van der Waals surface area contributed by atoms with Crippen LogP contribution in [-0.4, -0.2) is 131 Å². The van der Waals surface area contributed by atoms with E-state index in [0.717, 1.165) is 12.1 Å². The van der Waals surface area contributed by atoms with Crippen molar-refractivity contribution in [3.8, 4) is 28.7 Å². The number of hydrogen-bond acceptors (Lipinski definition) is 16. The number of rotatable bonds is 7. The summed E-state index contributed by atoms with van der Waals surface area (Å²) in [7, 11) is 0. The van der Waals surface area contributed by atoms with E-state index in [4.69, 9.17) is 23.7 Å². The van der Waals surface area contributed by atoms with Crippen molar-refractivity contribution in [2.24, 2.45) is 0 Å². The lowest BCUT2D eigenvalue weighted by Crippen LogP contribution is -2.60. The Morgan fingerprint density at radius 2 is 1.21 bits per heavy atom. The third-order valence-corrected chi connectivity index (χ3v) is 7.39. The largest absolute Gasteiger partial charge is 0.507 e. The summed E-state index contributed by atoms with van der Waals surface area (Å²) >= 11 is 0. The average Bonchev–Trinajstić information content (AvgIpc) is 2.99. The molecule has 5 rings (SSSR count). The van der Waals surface area contributed by atoms with E-state index in [1.165, 1.54) is 24.3 Å². The standard InChI is InChI=1S/C27H32O16/c28-7-17-19(33)21(35)23(37)26(42-17)39-10-4-13(31)11-6-16(41-27-24(38)22(36)20(34)18(8-29)43-27)25(40-15(11)5-10)9-1-2-12(30)14(32)3-9/h1-6,17-38H,7-8H2.